The van der Waals surface area contributed by atoms with E-state index in [0.29, 0.717) is 44.3 Å². The number of nitrogens with two attached hydrogens (primary N) is 1. The summed E-state index contributed by atoms with van der Waals surface area (Å²) in [5.74, 6) is -5.17. The molecular formula is C33H39Cl2F2N5O5. The van der Waals surface area contributed by atoms with Crippen molar-refractivity contribution in [3.63, 3.8) is 0 Å². The second kappa shape index (κ2) is 14.5. The maximum atomic E-state index is 14.7. The number of aryl methyl sites for hydroxylation is 1. The minimum absolute atomic E-state index is 0.0595. The van der Waals surface area contributed by atoms with Crippen molar-refractivity contribution < 1.29 is 33.1 Å². The van der Waals surface area contributed by atoms with Gasteiger partial charge in [-0.15, -0.1) is 0 Å². The topological polar surface area (TPSA) is 158 Å². The van der Waals surface area contributed by atoms with Gasteiger partial charge < -0.3 is 26.5 Å². The van der Waals surface area contributed by atoms with Crippen LogP contribution in [-0.2, 0) is 33.8 Å². The zero-order valence-electron chi connectivity index (χ0n) is 26.6. The number of rotatable bonds is 12. The first kappa shape index (κ1) is 35.9. The molecule has 4 rings (SSSR count). The molecule has 10 nitrogen and oxygen atoms in total. The quantitative estimate of drug-likeness (QED) is 0.164. The summed E-state index contributed by atoms with van der Waals surface area (Å²) in [7, 11) is 0. The molecule has 6 N–H and O–H groups in total. The van der Waals surface area contributed by atoms with E-state index < -0.39 is 71.1 Å². The van der Waals surface area contributed by atoms with Gasteiger partial charge in [-0.2, -0.15) is 0 Å². The van der Waals surface area contributed by atoms with Gasteiger partial charge in [-0.05, 0) is 54.5 Å². The van der Waals surface area contributed by atoms with Crippen molar-refractivity contribution in [3.05, 3.63) is 68.8 Å². The van der Waals surface area contributed by atoms with E-state index in [-0.39, 0.29) is 25.2 Å². The van der Waals surface area contributed by atoms with Gasteiger partial charge in [0.25, 0.3) is 0 Å². The largest absolute Gasteiger partial charge is 0.465 e. The number of benzene rings is 2. The highest BCUT2D eigenvalue weighted by Gasteiger charge is 2.48. The number of nitrogens with one attached hydrogen (secondary N) is 3. The molecule has 254 valence electrons. The van der Waals surface area contributed by atoms with Gasteiger partial charge in [0.05, 0.1) is 17.1 Å². The summed E-state index contributed by atoms with van der Waals surface area (Å²) in [5.41, 5.74) is 5.50. The van der Waals surface area contributed by atoms with Crippen molar-refractivity contribution in [2.75, 3.05) is 0 Å². The number of hydrogen-bond acceptors (Lipinski definition) is 4. The Morgan fingerprint density at radius 3 is 2.30 bits per heavy atom. The molecule has 0 saturated heterocycles. The van der Waals surface area contributed by atoms with E-state index >= 15 is 0 Å². The maximum Gasteiger partial charge on any atom is 0.408 e. The highest BCUT2D eigenvalue weighted by atomic mass is 35.5. The van der Waals surface area contributed by atoms with Crippen LogP contribution in [0.1, 0.15) is 63.8 Å². The minimum Gasteiger partial charge on any atom is -0.465 e. The molecule has 1 aromatic heterocycles. The highest BCUT2D eigenvalue weighted by molar-refractivity contribution is 6.38. The molecule has 3 aromatic rings. The number of carboxylic acid groups (broad SMARTS) is 1. The smallest absolute Gasteiger partial charge is 0.408 e. The first-order valence-corrected chi connectivity index (χ1v) is 16.2. The number of carbonyl (C=O) groups is 4. The molecule has 1 heterocycles. The Morgan fingerprint density at radius 2 is 1.72 bits per heavy atom. The number of amides is 4. The second-order valence-corrected chi connectivity index (χ2v) is 13.2. The van der Waals surface area contributed by atoms with Gasteiger partial charge in [0.1, 0.15) is 29.3 Å². The number of aromatic nitrogens is 1. The van der Waals surface area contributed by atoms with E-state index in [0.717, 1.165) is 23.9 Å². The number of primary amides is 1. The van der Waals surface area contributed by atoms with Crippen molar-refractivity contribution >= 4 is 57.9 Å². The Labute approximate surface area is 281 Å². The van der Waals surface area contributed by atoms with Crippen molar-refractivity contribution in [1.29, 1.82) is 0 Å². The van der Waals surface area contributed by atoms with Crippen molar-refractivity contribution in [1.82, 2.24) is 20.5 Å². The fourth-order valence-electron chi connectivity index (χ4n) is 6.22. The lowest BCUT2D eigenvalue weighted by Gasteiger charge is -2.41. The van der Waals surface area contributed by atoms with Crippen LogP contribution in [0.3, 0.4) is 0 Å². The van der Waals surface area contributed by atoms with Crippen molar-refractivity contribution in [3.8, 4) is 0 Å². The number of hydrogen-bond donors (Lipinski definition) is 5. The predicted octanol–water partition coefficient (Wildman–Crippen LogP) is 5.71. The lowest BCUT2D eigenvalue weighted by Crippen LogP contribution is -2.67. The molecule has 1 aliphatic rings. The average molecular weight is 695 g/mol. The molecule has 0 fully saturated rings. The minimum atomic E-state index is -1.69. The summed E-state index contributed by atoms with van der Waals surface area (Å²) in [6, 6.07) is 3.92. The third-order valence-corrected chi connectivity index (χ3v) is 9.84. The molecule has 0 spiro atoms. The van der Waals surface area contributed by atoms with E-state index in [2.05, 4.69) is 15.6 Å². The Bertz CT molecular complexity index is 1680. The van der Waals surface area contributed by atoms with Crippen LogP contribution in [0.15, 0.2) is 30.3 Å². The monoisotopic (exact) mass is 693 g/mol. The van der Waals surface area contributed by atoms with Crippen molar-refractivity contribution in [2.45, 2.75) is 84.0 Å². The van der Waals surface area contributed by atoms with Crippen LogP contribution in [0.25, 0.3) is 10.9 Å². The third-order valence-electron chi connectivity index (χ3n) is 9.33. The predicted molar refractivity (Wildman–Crippen MR) is 175 cm³/mol. The van der Waals surface area contributed by atoms with E-state index in [1.807, 2.05) is 6.92 Å². The van der Waals surface area contributed by atoms with Gasteiger partial charge in [-0.25, -0.2) is 13.6 Å². The van der Waals surface area contributed by atoms with Crippen LogP contribution >= 0.6 is 23.2 Å². The molecule has 1 aliphatic carbocycles. The Balaban J connectivity index is 1.81. The Kier molecular flexibility index (Phi) is 11.1. The highest BCUT2D eigenvalue weighted by Crippen LogP contribution is 2.38. The zero-order valence-corrected chi connectivity index (χ0v) is 28.1. The number of nitrogens with zero attached hydrogens (tertiary/aromatic N) is 1. The van der Waals surface area contributed by atoms with Gasteiger partial charge in [0, 0.05) is 28.1 Å². The van der Waals surface area contributed by atoms with Crippen LogP contribution in [0.4, 0.5) is 13.6 Å². The summed E-state index contributed by atoms with van der Waals surface area (Å²) in [6.45, 7) is 6.23. The first-order valence-electron chi connectivity index (χ1n) is 15.5. The normalized spacial score (nSPS) is 18.5. The first-order chi connectivity index (χ1) is 22.1. The fourth-order valence-corrected chi connectivity index (χ4v) is 6.76. The summed E-state index contributed by atoms with van der Waals surface area (Å²) in [4.78, 5) is 57.7. The number of aromatic amines is 1. The van der Waals surface area contributed by atoms with Gasteiger partial charge in [-0.3, -0.25) is 19.3 Å². The molecule has 47 heavy (non-hydrogen) atoms. The van der Waals surface area contributed by atoms with Crippen LogP contribution < -0.4 is 16.4 Å². The number of halogens is 4. The van der Waals surface area contributed by atoms with Gasteiger partial charge in [0.2, 0.25) is 17.7 Å². The van der Waals surface area contributed by atoms with Gasteiger partial charge >= 0.3 is 6.09 Å². The average Bonchev–Trinajstić information content (AvgIpc) is 3.37. The maximum absolute atomic E-state index is 14.7. The van der Waals surface area contributed by atoms with E-state index in [1.54, 1.807) is 32.9 Å². The molecule has 0 radical (unpaired) electrons. The van der Waals surface area contributed by atoms with E-state index in [9.17, 15) is 33.1 Å². The lowest BCUT2D eigenvalue weighted by molar-refractivity contribution is -0.139. The molecule has 5 atom stereocenters. The summed E-state index contributed by atoms with van der Waals surface area (Å²) in [5, 5.41) is 17.2. The number of fused-ring (bicyclic) bond motifs is 3. The summed E-state index contributed by atoms with van der Waals surface area (Å²) >= 11 is 12.8. The fraction of sp³-hybridized carbons (Fsp3) is 0.455. The van der Waals surface area contributed by atoms with Crippen molar-refractivity contribution in [2.24, 2.45) is 17.6 Å². The Morgan fingerprint density at radius 1 is 1.09 bits per heavy atom. The molecule has 0 bridgehead atoms. The molecule has 2 aromatic carbocycles. The van der Waals surface area contributed by atoms with Crippen LogP contribution in [0.2, 0.25) is 10.0 Å². The van der Waals surface area contributed by atoms with Gasteiger partial charge in [-0.1, -0.05) is 69.8 Å². The zero-order chi connectivity index (χ0) is 34.8. The molecular weight excluding hydrogens is 655 g/mol. The lowest BCUT2D eigenvalue weighted by atomic mass is 9.78. The van der Waals surface area contributed by atoms with Crippen LogP contribution in [-0.4, -0.2) is 56.4 Å². The SMILES string of the molecule is CCC(C)[C@H](NC(=O)[C@@]1(NC(=O)[C@H](C(C)CC)N(Cc2c(F)cccc2F)C(=O)O)CCc2[nH]c3c(Cl)cc(Cl)cc3c2C1)C(N)=O. The molecule has 0 aliphatic heterocycles. The molecule has 2 unspecified atom stereocenters. The molecule has 0 saturated carbocycles. The number of carbonyl (C=O) groups excluding carboxylic acids is 3. The third kappa shape index (κ3) is 7.33. The van der Waals surface area contributed by atoms with E-state index in [1.165, 1.54) is 0 Å². The standard InChI is InChI=1S/C33H39Cl2F2N5O5/c1-5-16(3)26(29(38)43)40-31(45)33(11-10-25-20(14-33)19-12-18(34)13-22(35)27(19)39-25)41-30(44)28(17(4)6-2)42(32(46)47)15-21-23(36)8-7-9-24(21)37/h7-9,12-13,16-17,26,28,39H,5-6,10-11,14-15H2,1-4H3,(H2,38,43)(H,40,45)(H,41,44)(H,46,47)/t16?,17?,26-,28-,33+/m0/s1. The van der Waals surface area contributed by atoms with Crippen LogP contribution in [0, 0.1) is 23.5 Å². The number of H-pyrrole nitrogens is 1. The summed E-state index contributed by atoms with van der Waals surface area (Å²) in [6.07, 6.45) is -0.471. The Hall–Kier alpha value is -3.90. The summed E-state index contributed by atoms with van der Waals surface area (Å²) < 4.78 is 29.3. The van der Waals surface area contributed by atoms with Gasteiger partial charge in [0.15, 0.2) is 0 Å². The molecule has 4 amide bonds. The second-order valence-electron chi connectivity index (χ2n) is 12.3. The molecule has 14 heteroatoms. The van der Waals surface area contributed by atoms with Crippen LogP contribution in [0.5, 0.6) is 0 Å². The van der Waals surface area contributed by atoms with E-state index in [4.69, 9.17) is 28.9 Å².